The van der Waals surface area contributed by atoms with Gasteiger partial charge in [0.05, 0.1) is 0 Å². The molecule has 2 N–H and O–H groups in total. The lowest BCUT2D eigenvalue weighted by Crippen LogP contribution is -2.32. The van der Waals surface area contributed by atoms with Gasteiger partial charge in [-0.2, -0.15) is 0 Å². The minimum absolute atomic E-state index is 0.347. The predicted octanol–water partition coefficient (Wildman–Crippen LogP) is 3.35. The molecule has 0 bridgehead atoms. The van der Waals surface area contributed by atoms with E-state index in [1.165, 1.54) is 24.8 Å². The first-order valence-corrected chi connectivity index (χ1v) is 7.14. The highest BCUT2D eigenvalue weighted by atomic mass is 16.3. The van der Waals surface area contributed by atoms with Crippen LogP contribution in [0.25, 0.3) is 0 Å². The molecule has 1 aromatic rings. The number of hydrogen-bond acceptors (Lipinski definition) is 2. The van der Waals surface area contributed by atoms with Crippen LogP contribution in [0, 0.1) is 11.8 Å². The summed E-state index contributed by atoms with van der Waals surface area (Å²) in [5.74, 6) is 2.14. The number of benzene rings is 1. The Balaban J connectivity index is 1.71. The molecule has 1 saturated carbocycles. The number of phenolic OH excluding ortho intramolecular Hbond substituents is 1. The average Bonchev–Trinajstić information content (AvgIpc) is 2.76. The van der Waals surface area contributed by atoms with E-state index in [1.807, 2.05) is 12.1 Å². The molecule has 2 heteroatoms. The zero-order valence-electron chi connectivity index (χ0n) is 11.5. The van der Waals surface area contributed by atoms with Crippen molar-refractivity contribution in [1.29, 1.82) is 0 Å². The van der Waals surface area contributed by atoms with E-state index in [-0.39, 0.29) is 0 Å². The Kier molecular flexibility index (Phi) is 4.65. The van der Waals surface area contributed by atoms with Gasteiger partial charge >= 0.3 is 0 Å². The van der Waals surface area contributed by atoms with Gasteiger partial charge in [0.1, 0.15) is 5.75 Å². The van der Waals surface area contributed by atoms with Crippen molar-refractivity contribution in [3.63, 3.8) is 0 Å². The van der Waals surface area contributed by atoms with Gasteiger partial charge in [0.2, 0.25) is 0 Å². The Morgan fingerprint density at radius 3 is 2.61 bits per heavy atom. The van der Waals surface area contributed by atoms with Crippen LogP contribution in [0.1, 0.15) is 38.7 Å². The van der Waals surface area contributed by atoms with Crippen molar-refractivity contribution in [3.05, 3.63) is 29.8 Å². The van der Waals surface area contributed by atoms with Gasteiger partial charge in [-0.05, 0) is 62.3 Å². The summed E-state index contributed by atoms with van der Waals surface area (Å²) < 4.78 is 0. The number of nitrogens with one attached hydrogen (secondary N) is 1. The Morgan fingerprint density at radius 2 is 2.00 bits per heavy atom. The van der Waals surface area contributed by atoms with Crippen LogP contribution in [0.15, 0.2) is 24.3 Å². The summed E-state index contributed by atoms with van der Waals surface area (Å²) in [5, 5.41) is 12.9. The van der Waals surface area contributed by atoms with Gasteiger partial charge in [-0.25, -0.2) is 0 Å². The lowest BCUT2D eigenvalue weighted by Gasteiger charge is -2.17. The maximum atomic E-state index is 9.25. The van der Waals surface area contributed by atoms with E-state index < -0.39 is 0 Å². The van der Waals surface area contributed by atoms with Crippen molar-refractivity contribution in [2.24, 2.45) is 11.8 Å². The van der Waals surface area contributed by atoms with Crippen LogP contribution in [-0.2, 0) is 6.42 Å². The largest absolute Gasteiger partial charge is 0.508 e. The fourth-order valence-electron chi connectivity index (χ4n) is 2.94. The number of hydrogen-bond donors (Lipinski definition) is 2. The summed E-state index contributed by atoms with van der Waals surface area (Å²) in [5.41, 5.74) is 1.28. The SMILES string of the molecule is CC1CCC(CNC(C)Cc2ccc(O)cc2)C1. The Hall–Kier alpha value is -1.02. The second kappa shape index (κ2) is 6.24. The van der Waals surface area contributed by atoms with E-state index >= 15 is 0 Å². The second-order valence-electron chi connectivity index (χ2n) is 5.96. The molecular weight excluding hydrogens is 222 g/mol. The highest BCUT2D eigenvalue weighted by molar-refractivity contribution is 5.26. The Morgan fingerprint density at radius 1 is 1.28 bits per heavy atom. The molecule has 2 rings (SSSR count). The van der Waals surface area contributed by atoms with Crippen molar-refractivity contribution in [1.82, 2.24) is 5.32 Å². The molecule has 0 heterocycles. The quantitative estimate of drug-likeness (QED) is 0.836. The first kappa shape index (κ1) is 13.4. The van der Waals surface area contributed by atoms with E-state index in [0.29, 0.717) is 11.8 Å². The molecule has 1 aromatic carbocycles. The standard InChI is InChI=1S/C16H25NO/c1-12-3-4-15(9-12)11-17-13(2)10-14-5-7-16(18)8-6-14/h5-8,12-13,15,17-18H,3-4,9-11H2,1-2H3. The molecule has 1 fully saturated rings. The molecule has 0 amide bonds. The van der Waals surface area contributed by atoms with Crippen molar-refractivity contribution < 1.29 is 5.11 Å². The molecular formula is C16H25NO. The van der Waals surface area contributed by atoms with E-state index in [1.54, 1.807) is 12.1 Å². The Labute approximate surface area is 110 Å². The van der Waals surface area contributed by atoms with E-state index in [0.717, 1.165) is 24.8 Å². The lowest BCUT2D eigenvalue weighted by molar-refractivity contribution is 0.432. The highest BCUT2D eigenvalue weighted by Crippen LogP contribution is 2.29. The van der Waals surface area contributed by atoms with Gasteiger partial charge < -0.3 is 10.4 Å². The van der Waals surface area contributed by atoms with Crippen LogP contribution in [0.4, 0.5) is 0 Å². The highest BCUT2D eigenvalue weighted by Gasteiger charge is 2.21. The summed E-state index contributed by atoms with van der Waals surface area (Å²) in [6.45, 7) is 5.76. The molecule has 18 heavy (non-hydrogen) atoms. The minimum Gasteiger partial charge on any atom is -0.508 e. The maximum Gasteiger partial charge on any atom is 0.115 e. The molecule has 3 atom stereocenters. The van der Waals surface area contributed by atoms with Crippen LogP contribution in [-0.4, -0.2) is 17.7 Å². The van der Waals surface area contributed by atoms with Crippen molar-refractivity contribution >= 4 is 0 Å². The molecule has 2 nitrogen and oxygen atoms in total. The smallest absolute Gasteiger partial charge is 0.115 e. The van der Waals surface area contributed by atoms with Crippen LogP contribution < -0.4 is 5.32 Å². The van der Waals surface area contributed by atoms with Crippen molar-refractivity contribution in [2.45, 2.75) is 45.6 Å². The molecule has 1 aliphatic rings. The normalized spacial score (nSPS) is 25.2. The molecule has 0 spiro atoms. The van der Waals surface area contributed by atoms with Crippen LogP contribution in [0.5, 0.6) is 5.75 Å². The van der Waals surface area contributed by atoms with Crippen molar-refractivity contribution in [3.8, 4) is 5.75 Å². The second-order valence-corrected chi connectivity index (χ2v) is 5.96. The third-order valence-corrected chi connectivity index (χ3v) is 4.04. The minimum atomic E-state index is 0.347. The fourth-order valence-corrected chi connectivity index (χ4v) is 2.94. The van der Waals surface area contributed by atoms with E-state index in [2.05, 4.69) is 19.2 Å². The van der Waals surface area contributed by atoms with Gasteiger partial charge in [0.25, 0.3) is 0 Å². The first-order valence-electron chi connectivity index (χ1n) is 7.14. The molecule has 0 aliphatic heterocycles. The van der Waals surface area contributed by atoms with Gasteiger partial charge in [-0.1, -0.05) is 25.5 Å². The van der Waals surface area contributed by atoms with Gasteiger partial charge in [0, 0.05) is 6.04 Å². The number of rotatable bonds is 5. The van der Waals surface area contributed by atoms with Gasteiger partial charge in [0.15, 0.2) is 0 Å². The third-order valence-electron chi connectivity index (χ3n) is 4.04. The molecule has 100 valence electrons. The topological polar surface area (TPSA) is 32.3 Å². The zero-order valence-corrected chi connectivity index (χ0v) is 11.5. The van der Waals surface area contributed by atoms with Crippen LogP contribution in [0.3, 0.4) is 0 Å². The summed E-state index contributed by atoms with van der Waals surface area (Å²) >= 11 is 0. The Bertz CT molecular complexity index is 360. The molecule has 0 radical (unpaired) electrons. The fraction of sp³-hybridized carbons (Fsp3) is 0.625. The number of phenols is 1. The predicted molar refractivity (Wildman–Crippen MR) is 75.8 cm³/mol. The van der Waals surface area contributed by atoms with Gasteiger partial charge in [-0.3, -0.25) is 0 Å². The lowest BCUT2D eigenvalue weighted by atomic mass is 10.0. The van der Waals surface area contributed by atoms with E-state index in [4.69, 9.17) is 0 Å². The molecule has 0 saturated heterocycles. The first-order chi connectivity index (χ1) is 8.63. The molecule has 1 aliphatic carbocycles. The maximum absolute atomic E-state index is 9.25. The summed E-state index contributed by atoms with van der Waals surface area (Å²) in [6, 6.07) is 8.04. The summed E-state index contributed by atoms with van der Waals surface area (Å²) in [4.78, 5) is 0. The van der Waals surface area contributed by atoms with Crippen LogP contribution in [0.2, 0.25) is 0 Å². The monoisotopic (exact) mass is 247 g/mol. The van der Waals surface area contributed by atoms with E-state index in [9.17, 15) is 5.11 Å². The molecule has 3 unspecified atom stereocenters. The zero-order chi connectivity index (χ0) is 13.0. The van der Waals surface area contributed by atoms with Crippen LogP contribution >= 0.6 is 0 Å². The summed E-state index contributed by atoms with van der Waals surface area (Å²) in [7, 11) is 0. The third kappa shape index (κ3) is 4.02. The summed E-state index contributed by atoms with van der Waals surface area (Å²) in [6.07, 6.45) is 5.21. The van der Waals surface area contributed by atoms with Gasteiger partial charge in [-0.15, -0.1) is 0 Å². The van der Waals surface area contributed by atoms with Crippen molar-refractivity contribution in [2.75, 3.05) is 6.54 Å². The average molecular weight is 247 g/mol. The molecule has 0 aromatic heterocycles. The number of aromatic hydroxyl groups is 1.